The maximum atomic E-state index is 12.7. The summed E-state index contributed by atoms with van der Waals surface area (Å²) in [4.78, 5) is 12.7. The third-order valence-electron chi connectivity index (χ3n) is 4.43. The van der Waals surface area contributed by atoms with Crippen LogP contribution in [-0.2, 0) is 11.2 Å². The quantitative estimate of drug-likeness (QED) is 0.521. The van der Waals surface area contributed by atoms with Gasteiger partial charge in [-0.2, -0.15) is 0 Å². The molecule has 2 rings (SSSR count). The molecule has 136 valence electrons. The Morgan fingerprint density at radius 2 is 1.96 bits per heavy atom. The van der Waals surface area contributed by atoms with Gasteiger partial charge >= 0.3 is 5.97 Å². The van der Waals surface area contributed by atoms with Gasteiger partial charge in [0.1, 0.15) is 23.2 Å². The van der Waals surface area contributed by atoms with E-state index in [-0.39, 0.29) is 35.5 Å². The number of phenolic OH excluding ortho intramolecular Hbond substituents is 2. The highest BCUT2D eigenvalue weighted by molar-refractivity contribution is 5.96. The molecule has 0 aliphatic carbocycles. The minimum atomic E-state index is -0.607. The third-order valence-corrected chi connectivity index (χ3v) is 4.43. The molecule has 5 nitrogen and oxygen atoms in total. The zero-order chi connectivity index (χ0) is 18.4. The van der Waals surface area contributed by atoms with E-state index in [4.69, 9.17) is 10.1 Å². The molecule has 0 fully saturated rings. The Bertz CT molecular complexity index is 664. The van der Waals surface area contributed by atoms with Crippen molar-refractivity contribution in [2.24, 2.45) is 5.92 Å². The Balaban J connectivity index is 2.38. The minimum absolute atomic E-state index is 0.0502. The van der Waals surface area contributed by atoms with Gasteiger partial charge in [-0.25, -0.2) is 4.79 Å². The summed E-state index contributed by atoms with van der Waals surface area (Å²) in [7, 11) is 0. The fraction of sp³-hybridized carbons (Fsp3) is 0.500. The Morgan fingerprint density at radius 1 is 1.20 bits per heavy atom. The number of esters is 1. The first-order valence-corrected chi connectivity index (χ1v) is 8.85. The Labute approximate surface area is 148 Å². The Morgan fingerprint density at radius 3 is 2.68 bits per heavy atom. The van der Waals surface area contributed by atoms with Crippen LogP contribution in [0.25, 0.3) is 0 Å². The maximum absolute atomic E-state index is 12.7. The fourth-order valence-electron chi connectivity index (χ4n) is 2.96. The van der Waals surface area contributed by atoms with Crippen molar-refractivity contribution in [3.63, 3.8) is 0 Å². The molecule has 0 spiro atoms. The lowest BCUT2D eigenvalue weighted by atomic mass is 9.97. The number of allylic oxidation sites excluding steroid dienone is 1. The Hall–Kier alpha value is -2.30. The minimum Gasteiger partial charge on any atom is -0.508 e. The highest BCUT2D eigenvalue weighted by Gasteiger charge is 2.24. The second-order valence-corrected chi connectivity index (χ2v) is 6.92. The van der Waals surface area contributed by atoms with Crippen LogP contribution < -0.4 is 0 Å². The van der Waals surface area contributed by atoms with Crippen LogP contribution in [0.5, 0.6) is 11.5 Å². The van der Waals surface area contributed by atoms with Crippen LogP contribution in [-0.4, -0.2) is 28.0 Å². The van der Waals surface area contributed by atoms with Gasteiger partial charge in [-0.1, -0.05) is 26.0 Å². The van der Waals surface area contributed by atoms with Crippen LogP contribution in [0.2, 0.25) is 0 Å². The second kappa shape index (κ2) is 8.70. The summed E-state index contributed by atoms with van der Waals surface area (Å²) in [5.41, 5.74) is 0.956. The van der Waals surface area contributed by atoms with Crippen LogP contribution >= 0.6 is 0 Å². The summed E-state index contributed by atoms with van der Waals surface area (Å²) in [5.74, 6) is -0.897. The van der Waals surface area contributed by atoms with Gasteiger partial charge in [-0.3, -0.25) is 0 Å². The fourth-order valence-corrected chi connectivity index (χ4v) is 2.96. The van der Waals surface area contributed by atoms with Crippen molar-refractivity contribution in [1.29, 1.82) is 5.41 Å². The SMILES string of the molecule is CC(C)[C@@H]1C/C=C/CCCCC(=N)Cc2cc(O)cc(O)c2C(=O)O1. The van der Waals surface area contributed by atoms with E-state index in [2.05, 4.69) is 6.08 Å². The second-order valence-electron chi connectivity index (χ2n) is 6.92. The van der Waals surface area contributed by atoms with E-state index in [1.54, 1.807) is 0 Å². The first-order chi connectivity index (χ1) is 11.9. The molecule has 3 N–H and O–H groups in total. The molecule has 0 unspecified atom stereocenters. The van der Waals surface area contributed by atoms with Crippen LogP contribution in [0.1, 0.15) is 61.9 Å². The zero-order valence-electron chi connectivity index (χ0n) is 14.9. The molecule has 25 heavy (non-hydrogen) atoms. The molecule has 0 saturated heterocycles. The van der Waals surface area contributed by atoms with Gasteiger partial charge in [0.25, 0.3) is 0 Å². The largest absolute Gasteiger partial charge is 0.508 e. The normalized spacial score (nSPS) is 21.3. The number of benzene rings is 1. The summed E-state index contributed by atoms with van der Waals surface area (Å²) < 4.78 is 5.64. The number of carbonyl (C=O) groups is 1. The van der Waals surface area contributed by atoms with Gasteiger partial charge in [0.15, 0.2) is 0 Å². The lowest BCUT2D eigenvalue weighted by Gasteiger charge is -2.21. The first kappa shape index (κ1) is 19.0. The van der Waals surface area contributed by atoms with E-state index in [0.717, 1.165) is 25.3 Å². The molecular weight excluding hydrogens is 318 g/mol. The van der Waals surface area contributed by atoms with Gasteiger partial charge in [0, 0.05) is 24.6 Å². The zero-order valence-corrected chi connectivity index (χ0v) is 14.9. The number of cyclic esters (lactones) is 1. The van der Waals surface area contributed by atoms with Gasteiger partial charge in [0.2, 0.25) is 0 Å². The number of rotatable bonds is 1. The molecule has 1 heterocycles. The van der Waals surface area contributed by atoms with Crippen molar-refractivity contribution in [1.82, 2.24) is 0 Å². The predicted octanol–water partition coefficient (Wildman–Crippen LogP) is 4.36. The summed E-state index contributed by atoms with van der Waals surface area (Å²) in [6.45, 7) is 3.98. The van der Waals surface area contributed by atoms with Gasteiger partial charge < -0.3 is 20.4 Å². The number of nitrogens with one attached hydrogen (secondary N) is 1. The average Bonchev–Trinajstić information content (AvgIpc) is 2.51. The number of hydrogen-bond donors (Lipinski definition) is 3. The molecule has 1 aromatic carbocycles. The van der Waals surface area contributed by atoms with Crippen molar-refractivity contribution in [2.75, 3.05) is 0 Å². The number of fused-ring (bicyclic) bond motifs is 1. The van der Waals surface area contributed by atoms with Gasteiger partial charge in [0.05, 0.1) is 0 Å². The highest BCUT2D eigenvalue weighted by atomic mass is 16.5. The van der Waals surface area contributed by atoms with Crippen molar-refractivity contribution in [3.8, 4) is 11.5 Å². The van der Waals surface area contributed by atoms with Crippen molar-refractivity contribution >= 4 is 11.7 Å². The summed E-state index contributed by atoms with van der Waals surface area (Å²) >= 11 is 0. The van der Waals surface area contributed by atoms with E-state index in [1.807, 2.05) is 19.9 Å². The summed E-state index contributed by atoms with van der Waals surface area (Å²) in [6.07, 6.45) is 8.19. The number of hydrogen-bond acceptors (Lipinski definition) is 5. The standard InChI is InChI=1S/C20H27NO4/c1-13(2)18-9-7-5-3-4-6-8-15(21)10-14-11-16(22)12-17(23)19(14)20(24)25-18/h5,7,11-13,18,21-23H,3-4,6,8-10H2,1-2H3/b7-5+,21-15?/t18-/m0/s1. The lowest BCUT2D eigenvalue weighted by molar-refractivity contribution is 0.0189. The molecule has 0 amide bonds. The van der Waals surface area contributed by atoms with Crippen molar-refractivity contribution in [2.45, 2.75) is 58.5 Å². The molecule has 5 heteroatoms. The first-order valence-electron chi connectivity index (χ1n) is 8.85. The van der Waals surface area contributed by atoms with Crippen LogP contribution in [0.15, 0.2) is 24.3 Å². The number of phenols is 2. The van der Waals surface area contributed by atoms with Gasteiger partial charge in [-0.05, 0) is 43.2 Å². The lowest BCUT2D eigenvalue weighted by Crippen LogP contribution is -2.24. The molecule has 1 atom stereocenters. The van der Waals surface area contributed by atoms with E-state index in [9.17, 15) is 15.0 Å². The Kier molecular flexibility index (Phi) is 6.62. The smallest absolute Gasteiger partial charge is 0.342 e. The number of carbonyl (C=O) groups excluding carboxylic acids is 1. The summed E-state index contributed by atoms with van der Waals surface area (Å²) in [6, 6.07) is 2.57. The highest BCUT2D eigenvalue weighted by Crippen LogP contribution is 2.30. The molecule has 0 bridgehead atoms. The molecule has 0 radical (unpaired) electrons. The molecule has 1 aliphatic heterocycles. The molecule has 1 aliphatic rings. The number of aromatic hydroxyl groups is 2. The molecule has 0 saturated carbocycles. The van der Waals surface area contributed by atoms with Gasteiger partial charge in [-0.15, -0.1) is 0 Å². The maximum Gasteiger partial charge on any atom is 0.342 e. The molecular formula is C20H27NO4. The van der Waals surface area contributed by atoms with E-state index in [0.29, 0.717) is 24.1 Å². The van der Waals surface area contributed by atoms with E-state index < -0.39 is 5.97 Å². The van der Waals surface area contributed by atoms with Crippen LogP contribution in [0, 0.1) is 11.3 Å². The van der Waals surface area contributed by atoms with E-state index >= 15 is 0 Å². The van der Waals surface area contributed by atoms with Crippen LogP contribution in [0.4, 0.5) is 0 Å². The topological polar surface area (TPSA) is 90.6 Å². The monoisotopic (exact) mass is 345 g/mol. The van der Waals surface area contributed by atoms with Crippen molar-refractivity contribution < 1.29 is 19.7 Å². The molecule has 0 aromatic heterocycles. The summed E-state index contributed by atoms with van der Waals surface area (Å²) in [5, 5.41) is 28.1. The predicted molar refractivity (Wildman–Crippen MR) is 97.5 cm³/mol. The average molecular weight is 345 g/mol. The van der Waals surface area contributed by atoms with Crippen molar-refractivity contribution in [3.05, 3.63) is 35.4 Å². The number of ether oxygens (including phenoxy) is 1. The van der Waals surface area contributed by atoms with Crippen LogP contribution in [0.3, 0.4) is 0 Å². The third kappa shape index (κ3) is 5.34. The van der Waals surface area contributed by atoms with E-state index in [1.165, 1.54) is 6.07 Å². The molecule has 1 aromatic rings.